The third kappa shape index (κ3) is 0.820. The van der Waals surface area contributed by atoms with Crippen LogP contribution >= 0.6 is 8.20 Å². The van der Waals surface area contributed by atoms with Crippen LogP contribution in [0.2, 0.25) is 0 Å². The van der Waals surface area contributed by atoms with Crippen LogP contribution in [-0.4, -0.2) is 5.29 Å². The zero-order valence-electron chi connectivity index (χ0n) is 8.02. The summed E-state index contributed by atoms with van der Waals surface area (Å²) in [6, 6.07) is 0. The number of hydrogen-bond donors (Lipinski definition) is 0. The van der Waals surface area contributed by atoms with E-state index in [2.05, 4.69) is 33.5 Å². The van der Waals surface area contributed by atoms with Crippen LogP contribution in [0.1, 0.15) is 27.7 Å². The van der Waals surface area contributed by atoms with Gasteiger partial charge >= 0.3 is 0 Å². The highest BCUT2D eigenvalue weighted by molar-refractivity contribution is 7.46. The molecule has 2 aliphatic rings. The molecule has 0 aromatic heterocycles. The van der Waals surface area contributed by atoms with Crippen LogP contribution in [0.3, 0.4) is 0 Å². The summed E-state index contributed by atoms with van der Waals surface area (Å²) >= 11 is 0. The van der Waals surface area contributed by atoms with Crippen molar-refractivity contribution in [2.75, 3.05) is 0 Å². The van der Waals surface area contributed by atoms with E-state index in [0.717, 1.165) is 0 Å². The van der Waals surface area contributed by atoms with Gasteiger partial charge in [-0.1, -0.05) is 8.20 Å². The van der Waals surface area contributed by atoms with E-state index < -0.39 is 0 Å². The number of rotatable bonds is 0. The summed E-state index contributed by atoms with van der Waals surface area (Å²) in [6.07, 6.45) is 0. The number of hydrogen-bond acceptors (Lipinski definition) is 0. The van der Waals surface area contributed by atoms with E-state index in [1.165, 1.54) is 36.1 Å². The molecule has 1 aliphatic carbocycles. The summed E-state index contributed by atoms with van der Waals surface area (Å²) in [5, 5.41) is 1.54. The van der Waals surface area contributed by atoms with Crippen molar-refractivity contribution in [2.45, 2.75) is 27.7 Å². The van der Waals surface area contributed by atoms with E-state index in [0.29, 0.717) is 0 Å². The molecule has 0 bridgehead atoms. The molecule has 0 fully saturated rings. The van der Waals surface area contributed by atoms with E-state index in [-0.39, 0.29) is 0 Å². The molecule has 0 aromatic rings. The first-order valence-electron chi connectivity index (χ1n) is 4.27. The maximum absolute atomic E-state index is 2.31. The van der Waals surface area contributed by atoms with E-state index in [4.69, 9.17) is 0 Å². The Morgan fingerprint density at radius 1 is 0.917 bits per heavy atom. The second-order valence-electron chi connectivity index (χ2n) is 3.54. The Hall–Kier alpha value is -0.610. The molecule has 0 radical (unpaired) electrons. The van der Waals surface area contributed by atoms with E-state index in [1.807, 2.05) is 0 Å². The Labute approximate surface area is 75.5 Å². The molecule has 0 nitrogen and oxygen atoms in total. The average Bonchev–Trinajstić information content (AvgIpc) is 2.51. The smallest absolute Gasteiger partial charge is 0.0128 e. The molecule has 62 valence electrons. The summed E-state index contributed by atoms with van der Waals surface area (Å²) in [5.41, 5.74) is 7.45. The predicted octanol–water partition coefficient (Wildman–Crippen LogP) is 3.69. The van der Waals surface area contributed by atoms with Gasteiger partial charge in [0.2, 0.25) is 0 Å². The first-order chi connectivity index (χ1) is 5.63. The molecular formula is C11H13P. The molecule has 0 amide bonds. The SMILES string of the molecule is CC1=CP=C2C(C)=C(C)C(C)=C12. The molecule has 0 unspecified atom stereocenters. The van der Waals surface area contributed by atoms with Crippen LogP contribution in [0.25, 0.3) is 0 Å². The highest BCUT2D eigenvalue weighted by Gasteiger charge is 2.24. The first-order valence-corrected chi connectivity index (χ1v) is 5.23. The van der Waals surface area contributed by atoms with Crippen molar-refractivity contribution >= 4 is 13.5 Å². The minimum absolute atomic E-state index is 1.39. The van der Waals surface area contributed by atoms with E-state index in [1.54, 1.807) is 5.29 Å². The Morgan fingerprint density at radius 3 is 2.17 bits per heavy atom. The van der Waals surface area contributed by atoms with Crippen LogP contribution in [-0.2, 0) is 0 Å². The van der Waals surface area contributed by atoms with Crippen molar-refractivity contribution < 1.29 is 0 Å². The number of fused-ring (bicyclic) bond motifs is 1. The summed E-state index contributed by atoms with van der Waals surface area (Å²) in [7, 11) is 1.39. The summed E-state index contributed by atoms with van der Waals surface area (Å²) < 4.78 is 0. The first kappa shape index (κ1) is 8.01. The zero-order chi connectivity index (χ0) is 8.88. The third-order valence-corrected chi connectivity index (χ3v) is 4.21. The van der Waals surface area contributed by atoms with Gasteiger partial charge in [-0.25, -0.2) is 0 Å². The van der Waals surface area contributed by atoms with Crippen LogP contribution in [0, 0.1) is 0 Å². The molecule has 0 spiro atoms. The van der Waals surface area contributed by atoms with Crippen LogP contribution in [0.15, 0.2) is 33.7 Å². The third-order valence-electron chi connectivity index (χ3n) is 2.87. The van der Waals surface area contributed by atoms with Gasteiger partial charge in [0.1, 0.15) is 0 Å². The summed E-state index contributed by atoms with van der Waals surface area (Å²) in [4.78, 5) is 0. The molecule has 0 N–H and O–H groups in total. The summed E-state index contributed by atoms with van der Waals surface area (Å²) in [6.45, 7) is 8.91. The quantitative estimate of drug-likeness (QED) is 0.494. The molecule has 2 rings (SSSR count). The molecule has 1 heterocycles. The molecular weight excluding hydrogens is 163 g/mol. The van der Waals surface area contributed by atoms with Crippen molar-refractivity contribution in [3.8, 4) is 0 Å². The van der Waals surface area contributed by atoms with Gasteiger partial charge < -0.3 is 0 Å². The maximum atomic E-state index is 2.31. The lowest BCUT2D eigenvalue weighted by atomic mass is 10.0. The van der Waals surface area contributed by atoms with Gasteiger partial charge in [0.15, 0.2) is 0 Å². The van der Waals surface area contributed by atoms with Gasteiger partial charge in [-0.15, -0.1) is 0 Å². The molecule has 1 aliphatic heterocycles. The molecule has 12 heavy (non-hydrogen) atoms. The molecule has 0 saturated carbocycles. The second kappa shape index (κ2) is 2.44. The molecule has 0 atom stereocenters. The molecule has 0 aromatic carbocycles. The molecule has 1 heteroatoms. The minimum atomic E-state index is 1.39. The fraction of sp³-hybridized carbons (Fsp3) is 0.364. The van der Waals surface area contributed by atoms with Crippen molar-refractivity contribution in [2.24, 2.45) is 0 Å². The van der Waals surface area contributed by atoms with Gasteiger partial charge in [0.05, 0.1) is 0 Å². The highest BCUT2D eigenvalue weighted by atomic mass is 31.1. The van der Waals surface area contributed by atoms with E-state index >= 15 is 0 Å². The topological polar surface area (TPSA) is 0 Å². The Bertz CT molecular complexity index is 376. The van der Waals surface area contributed by atoms with Gasteiger partial charge in [0, 0.05) is 5.29 Å². The van der Waals surface area contributed by atoms with Crippen molar-refractivity contribution in [3.63, 3.8) is 0 Å². The minimum Gasteiger partial charge on any atom is -0.0672 e. The van der Waals surface area contributed by atoms with Crippen LogP contribution in [0.4, 0.5) is 0 Å². The van der Waals surface area contributed by atoms with Crippen LogP contribution < -0.4 is 0 Å². The van der Waals surface area contributed by atoms with Crippen molar-refractivity contribution in [1.82, 2.24) is 0 Å². The normalized spacial score (nSPS) is 23.0. The van der Waals surface area contributed by atoms with Crippen LogP contribution in [0.5, 0.6) is 0 Å². The van der Waals surface area contributed by atoms with Gasteiger partial charge in [-0.05, 0) is 61.4 Å². The maximum Gasteiger partial charge on any atom is 0.0128 e. The fourth-order valence-electron chi connectivity index (χ4n) is 1.88. The highest BCUT2D eigenvalue weighted by Crippen LogP contribution is 2.41. The Kier molecular flexibility index (Phi) is 1.63. The van der Waals surface area contributed by atoms with Gasteiger partial charge in [0.25, 0.3) is 0 Å². The zero-order valence-corrected chi connectivity index (χ0v) is 8.92. The predicted molar refractivity (Wildman–Crippen MR) is 56.8 cm³/mol. The van der Waals surface area contributed by atoms with E-state index in [9.17, 15) is 0 Å². The van der Waals surface area contributed by atoms with Gasteiger partial charge in [-0.3, -0.25) is 0 Å². The summed E-state index contributed by atoms with van der Waals surface area (Å²) in [5.74, 6) is 2.31. The lowest BCUT2D eigenvalue weighted by Gasteiger charge is -2.00. The lowest BCUT2D eigenvalue weighted by molar-refractivity contribution is 1.31. The second-order valence-corrected chi connectivity index (χ2v) is 4.50. The van der Waals surface area contributed by atoms with Gasteiger partial charge in [-0.2, -0.15) is 0 Å². The lowest BCUT2D eigenvalue weighted by Crippen LogP contribution is -1.94. The standard InChI is InChI=1S/C11H13P/c1-6-5-12-11-9(4)7(2)8(3)10(6)11/h5H,1-4H3. The number of allylic oxidation sites excluding steroid dienone is 5. The van der Waals surface area contributed by atoms with Crippen molar-refractivity contribution in [1.29, 1.82) is 0 Å². The Balaban J connectivity index is 2.64. The largest absolute Gasteiger partial charge is 0.0672 e. The molecule has 0 saturated heterocycles. The average molecular weight is 176 g/mol. The van der Waals surface area contributed by atoms with Crippen molar-refractivity contribution in [3.05, 3.63) is 33.7 Å². The monoisotopic (exact) mass is 176 g/mol. The Morgan fingerprint density at radius 2 is 1.58 bits per heavy atom. The fourth-order valence-corrected chi connectivity index (χ4v) is 3.17.